The minimum atomic E-state index is 0.548. The number of aliphatic imine (C=N–C) groups is 1. The lowest BCUT2D eigenvalue weighted by Gasteiger charge is -2.33. The van der Waals surface area contributed by atoms with Gasteiger partial charge in [-0.3, -0.25) is 0 Å². The summed E-state index contributed by atoms with van der Waals surface area (Å²) in [5.41, 5.74) is 2.64. The van der Waals surface area contributed by atoms with E-state index < -0.39 is 0 Å². The number of anilines is 1. The van der Waals surface area contributed by atoms with Crippen molar-refractivity contribution in [1.82, 2.24) is 15.5 Å². The van der Waals surface area contributed by atoms with Crippen LogP contribution >= 0.6 is 0 Å². The standard InChI is InChI=1S/C24H39N5/c1-3-25-24(27-21-12-16-29(17-13-21)23-8-9-23)26-18-20-4-6-22(7-5-20)28-14-10-19(2)11-15-28/h4-7,19,21,23H,3,8-18H2,1-2H3,(H2,25,26,27). The molecule has 29 heavy (non-hydrogen) atoms. The van der Waals surface area contributed by atoms with Gasteiger partial charge < -0.3 is 20.4 Å². The third kappa shape index (κ3) is 5.88. The molecule has 0 aromatic heterocycles. The molecule has 2 heterocycles. The minimum Gasteiger partial charge on any atom is -0.372 e. The van der Waals surface area contributed by atoms with Crippen LogP contribution in [0.25, 0.3) is 0 Å². The number of rotatable bonds is 6. The summed E-state index contributed by atoms with van der Waals surface area (Å²) in [6, 6.07) is 10.5. The van der Waals surface area contributed by atoms with Crippen LogP contribution in [0.3, 0.4) is 0 Å². The second kappa shape index (κ2) is 9.84. The van der Waals surface area contributed by atoms with Gasteiger partial charge in [-0.2, -0.15) is 0 Å². The second-order valence-electron chi connectivity index (χ2n) is 9.22. The van der Waals surface area contributed by atoms with Gasteiger partial charge in [0.05, 0.1) is 6.54 Å². The van der Waals surface area contributed by atoms with E-state index in [-0.39, 0.29) is 0 Å². The van der Waals surface area contributed by atoms with Gasteiger partial charge in [-0.15, -0.1) is 0 Å². The molecule has 1 aliphatic carbocycles. The molecule has 1 aromatic rings. The van der Waals surface area contributed by atoms with Gasteiger partial charge in [-0.25, -0.2) is 4.99 Å². The van der Waals surface area contributed by atoms with Crippen molar-refractivity contribution in [1.29, 1.82) is 0 Å². The van der Waals surface area contributed by atoms with Crippen molar-refractivity contribution in [3.05, 3.63) is 29.8 Å². The number of benzene rings is 1. The Morgan fingerprint density at radius 1 is 0.966 bits per heavy atom. The molecule has 3 fully saturated rings. The molecule has 5 nitrogen and oxygen atoms in total. The minimum absolute atomic E-state index is 0.548. The third-order valence-electron chi connectivity index (χ3n) is 6.78. The summed E-state index contributed by atoms with van der Waals surface area (Å²) in [6.45, 7) is 11.0. The average molecular weight is 398 g/mol. The van der Waals surface area contributed by atoms with E-state index in [1.165, 1.54) is 76.0 Å². The first-order valence-corrected chi connectivity index (χ1v) is 11.8. The monoisotopic (exact) mass is 397 g/mol. The van der Waals surface area contributed by atoms with Crippen LogP contribution in [0.1, 0.15) is 57.9 Å². The molecular weight excluding hydrogens is 358 g/mol. The number of guanidine groups is 1. The van der Waals surface area contributed by atoms with Crippen LogP contribution in [0.4, 0.5) is 5.69 Å². The molecule has 2 saturated heterocycles. The number of hydrogen-bond acceptors (Lipinski definition) is 3. The molecular formula is C24H39N5. The summed E-state index contributed by atoms with van der Waals surface area (Å²) in [4.78, 5) is 10.1. The zero-order valence-corrected chi connectivity index (χ0v) is 18.4. The lowest BCUT2D eigenvalue weighted by Crippen LogP contribution is -2.49. The summed E-state index contributed by atoms with van der Waals surface area (Å²) < 4.78 is 0. The van der Waals surface area contributed by atoms with Crippen molar-refractivity contribution in [2.45, 2.75) is 71.0 Å². The van der Waals surface area contributed by atoms with Crippen molar-refractivity contribution in [2.75, 3.05) is 37.6 Å². The summed E-state index contributed by atoms with van der Waals surface area (Å²) >= 11 is 0. The van der Waals surface area contributed by atoms with Gasteiger partial charge in [0.2, 0.25) is 0 Å². The fourth-order valence-electron chi connectivity index (χ4n) is 4.61. The van der Waals surface area contributed by atoms with Gasteiger partial charge in [0.1, 0.15) is 0 Å². The van der Waals surface area contributed by atoms with Crippen LogP contribution in [-0.2, 0) is 6.54 Å². The molecule has 0 amide bonds. The molecule has 1 aromatic carbocycles. The maximum Gasteiger partial charge on any atom is 0.191 e. The topological polar surface area (TPSA) is 42.9 Å². The van der Waals surface area contributed by atoms with Crippen molar-refractivity contribution in [3.8, 4) is 0 Å². The Balaban J connectivity index is 1.28. The smallest absolute Gasteiger partial charge is 0.191 e. The predicted octanol–water partition coefficient (Wildman–Crippen LogP) is 3.60. The van der Waals surface area contributed by atoms with E-state index in [0.29, 0.717) is 6.04 Å². The van der Waals surface area contributed by atoms with Gasteiger partial charge in [-0.1, -0.05) is 19.1 Å². The molecule has 4 rings (SSSR count). The number of likely N-dealkylation sites (tertiary alicyclic amines) is 1. The van der Waals surface area contributed by atoms with E-state index in [0.717, 1.165) is 31.0 Å². The van der Waals surface area contributed by atoms with Crippen LogP contribution in [0.2, 0.25) is 0 Å². The summed E-state index contributed by atoms with van der Waals surface area (Å²) in [6.07, 6.45) is 7.90. The first-order chi connectivity index (χ1) is 14.2. The zero-order valence-electron chi connectivity index (χ0n) is 18.4. The fourth-order valence-corrected chi connectivity index (χ4v) is 4.61. The van der Waals surface area contributed by atoms with Gasteiger partial charge >= 0.3 is 0 Å². The van der Waals surface area contributed by atoms with E-state index >= 15 is 0 Å². The highest BCUT2D eigenvalue weighted by atomic mass is 15.2. The van der Waals surface area contributed by atoms with E-state index in [9.17, 15) is 0 Å². The summed E-state index contributed by atoms with van der Waals surface area (Å²) in [5.74, 6) is 1.84. The molecule has 3 aliphatic rings. The number of nitrogens with one attached hydrogen (secondary N) is 2. The van der Waals surface area contributed by atoms with Crippen LogP contribution in [-0.4, -0.2) is 55.7 Å². The number of hydrogen-bond donors (Lipinski definition) is 2. The SMILES string of the molecule is CCNC(=NCc1ccc(N2CCC(C)CC2)cc1)NC1CCN(C2CC2)CC1. The molecule has 2 N–H and O–H groups in total. The molecule has 0 radical (unpaired) electrons. The van der Waals surface area contributed by atoms with E-state index in [1.807, 2.05) is 0 Å². The Morgan fingerprint density at radius 2 is 1.66 bits per heavy atom. The Hall–Kier alpha value is -1.75. The van der Waals surface area contributed by atoms with Crippen LogP contribution in [0.5, 0.6) is 0 Å². The average Bonchev–Trinajstić information content (AvgIpc) is 3.59. The Kier molecular flexibility index (Phi) is 6.96. The highest BCUT2D eigenvalue weighted by molar-refractivity contribution is 5.80. The van der Waals surface area contributed by atoms with Crippen molar-refractivity contribution < 1.29 is 0 Å². The van der Waals surface area contributed by atoms with Gasteiger partial charge in [0.15, 0.2) is 5.96 Å². The van der Waals surface area contributed by atoms with Crippen LogP contribution in [0, 0.1) is 5.92 Å². The van der Waals surface area contributed by atoms with Crippen LogP contribution in [0.15, 0.2) is 29.3 Å². The zero-order chi connectivity index (χ0) is 20.1. The molecule has 0 unspecified atom stereocenters. The Labute approximate surface area is 176 Å². The summed E-state index contributed by atoms with van der Waals surface area (Å²) in [5, 5.41) is 7.11. The van der Waals surface area contributed by atoms with Crippen molar-refractivity contribution in [3.63, 3.8) is 0 Å². The quantitative estimate of drug-likeness (QED) is 0.569. The van der Waals surface area contributed by atoms with Gasteiger partial charge in [-0.05, 0) is 69.1 Å². The first kappa shape index (κ1) is 20.5. The third-order valence-corrected chi connectivity index (χ3v) is 6.78. The molecule has 0 spiro atoms. The highest BCUT2D eigenvalue weighted by Crippen LogP contribution is 2.29. The molecule has 0 bridgehead atoms. The molecule has 5 heteroatoms. The maximum atomic E-state index is 4.86. The molecule has 1 saturated carbocycles. The largest absolute Gasteiger partial charge is 0.372 e. The van der Waals surface area contributed by atoms with Crippen LogP contribution < -0.4 is 15.5 Å². The molecule has 160 valence electrons. The van der Waals surface area contributed by atoms with Gasteiger partial charge in [0.25, 0.3) is 0 Å². The maximum absolute atomic E-state index is 4.86. The first-order valence-electron chi connectivity index (χ1n) is 11.8. The molecule has 2 aliphatic heterocycles. The summed E-state index contributed by atoms with van der Waals surface area (Å²) in [7, 11) is 0. The normalized spacial score (nSPS) is 22.7. The van der Waals surface area contributed by atoms with Gasteiger partial charge in [0, 0.05) is 50.5 Å². The highest BCUT2D eigenvalue weighted by Gasteiger charge is 2.31. The van der Waals surface area contributed by atoms with E-state index in [1.54, 1.807) is 0 Å². The Bertz CT molecular complexity index is 650. The number of piperidine rings is 2. The van der Waals surface area contributed by atoms with Crippen molar-refractivity contribution in [2.24, 2.45) is 10.9 Å². The number of nitrogens with zero attached hydrogens (tertiary/aromatic N) is 3. The predicted molar refractivity (Wildman–Crippen MR) is 123 cm³/mol. The fraction of sp³-hybridized carbons (Fsp3) is 0.708. The second-order valence-corrected chi connectivity index (χ2v) is 9.22. The van der Waals surface area contributed by atoms with Crippen molar-refractivity contribution >= 4 is 11.6 Å². The lowest BCUT2D eigenvalue weighted by atomic mass is 9.99. The van der Waals surface area contributed by atoms with E-state index in [4.69, 9.17) is 4.99 Å². The Morgan fingerprint density at radius 3 is 2.28 bits per heavy atom. The van der Waals surface area contributed by atoms with E-state index in [2.05, 4.69) is 58.5 Å². The molecule has 0 atom stereocenters. The lowest BCUT2D eigenvalue weighted by molar-refractivity contribution is 0.197.